The highest BCUT2D eigenvalue weighted by molar-refractivity contribution is 5.73. The fourth-order valence-corrected chi connectivity index (χ4v) is 2.30. The van der Waals surface area contributed by atoms with Crippen LogP contribution in [0.1, 0.15) is 5.56 Å². The quantitative estimate of drug-likeness (QED) is 0.634. The molecule has 0 N–H and O–H groups in total. The van der Waals surface area contributed by atoms with Crippen molar-refractivity contribution < 1.29 is 8.96 Å². The zero-order valence-corrected chi connectivity index (χ0v) is 10.5. The van der Waals surface area contributed by atoms with Crippen molar-refractivity contribution in [2.75, 3.05) is 0 Å². The van der Waals surface area contributed by atoms with E-state index in [0.29, 0.717) is 6.54 Å². The Morgan fingerprint density at radius 2 is 2.00 bits per heavy atom. The molecule has 2 aromatic carbocycles. The SMILES string of the molecule is C=Cn1c[n+](Cc2cccc(F)c2)c2ccccc21. The average Bonchev–Trinajstić information content (AvgIpc) is 2.77. The Balaban J connectivity index is 2.08. The molecule has 0 aliphatic heterocycles. The maximum atomic E-state index is 13.2. The molecular formula is C16H14FN2+. The van der Waals surface area contributed by atoms with E-state index < -0.39 is 0 Å². The van der Waals surface area contributed by atoms with Gasteiger partial charge in [0, 0.05) is 0 Å². The van der Waals surface area contributed by atoms with Gasteiger partial charge in [0.1, 0.15) is 12.4 Å². The van der Waals surface area contributed by atoms with Gasteiger partial charge in [-0.15, -0.1) is 0 Å². The normalized spacial score (nSPS) is 10.8. The van der Waals surface area contributed by atoms with Crippen LogP contribution >= 0.6 is 0 Å². The predicted octanol–water partition coefficient (Wildman–Crippen LogP) is 3.22. The molecule has 0 aliphatic rings. The van der Waals surface area contributed by atoms with E-state index in [-0.39, 0.29) is 5.82 Å². The summed E-state index contributed by atoms with van der Waals surface area (Å²) in [5.74, 6) is -0.203. The molecule has 0 amide bonds. The Labute approximate surface area is 111 Å². The van der Waals surface area contributed by atoms with Gasteiger partial charge in [-0.2, -0.15) is 0 Å². The first-order chi connectivity index (χ1) is 9.28. The Morgan fingerprint density at radius 3 is 2.79 bits per heavy atom. The van der Waals surface area contributed by atoms with E-state index in [1.165, 1.54) is 6.07 Å². The first-order valence-corrected chi connectivity index (χ1v) is 6.14. The van der Waals surface area contributed by atoms with Gasteiger partial charge in [0.25, 0.3) is 0 Å². The number of rotatable bonds is 3. The van der Waals surface area contributed by atoms with Crippen molar-refractivity contribution in [3.8, 4) is 0 Å². The lowest BCUT2D eigenvalue weighted by Crippen LogP contribution is -2.32. The minimum atomic E-state index is -0.203. The van der Waals surface area contributed by atoms with Crippen LogP contribution in [0.25, 0.3) is 17.2 Å². The molecule has 94 valence electrons. The summed E-state index contributed by atoms with van der Waals surface area (Å²) in [7, 11) is 0. The van der Waals surface area contributed by atoms with Crippen LogP contribution in [-0.2, 0) is 6.54 Å². The van der Waals surface area contributed by atoms with Crippen molar-refractivity contribution in [1.82, 2.24) is 4.57 Å². The first kappa shape index (κ1) is 11.7. The van der Waals surface area contributed by atoms with E-state index in [1.54, 1.807) is 18.3 Å². The van der Waals surface area contributed by atoms with Crippen molar-refractivity contribution >= 4 is 17.2 Å². The second-order valence-corrected chi connectivity index (χ2v) is 4.45. The number of aromatic nitrogens is 2. The number of benzene rings is 2. The molecule has 0 bridgehead atoms. The van der Waals surface area contributed by atoms with Gasteiger partial charge in [-0.1, -0.05) is 30.8 Å². The number of hydrogen-bond donors (Lipinski definition) is 0. The van der Waals surface area contributed by atoms with Gasteiger partial charge in [0.2, 0.25) is 6.33 Å². The van der Waals surface area contributed by atoms with Gasteiger partial charge in [-0.3, -0.25) is 0 Å². The number of para-hydroxylation sites is 2. The highest BCUT2D eigenvalue weighted by Gasteiger charge is 2.13. The molecule has 3 heteroatoms. The van der Waals surface area contributed by atoms with Crippen LogP contribution in [0.3, 0.4) is 0 Å². The van der Waals surface area contributed by atoms with Gasteiger partial charge in [-0.25, -0.2) is 13.5 Å². The van der Waals surface area contributed by atoms with Gasteiger partial charge in [0.15, 0.2) is 11.0 Å². The van der Waals surface area contributed by atoms with E-state index in [2.05, 4.69) is 17.2 Å². The number of nitrogens with zero attached hydrogens (tertiary/aromatic N) is 2. The Morgan fingerprint density at radius 1 is 1.16 bits per heavy atom. The summed E-state index contributed by atoms with van der Waals surface area (Å²) in [5, 5.41) is 0. The van der Waals surface area contributed by atoms with Gasteiger partial charge >= 0.3 is 0 Å². The Kier molecular flexibility index (Phi) is 2.88. The minimum Gasteiger partial charge on any atom is -0.225 e. The van der Waals surface area contributed by atoms with Crippen LogP contribution in [-0.4, -0.2) is 4.57 Å². The van der Waals surface area contributed by atoms with Crippen molar-refractivity contribution in [1.29, 1.82) is 0 Å². The molecule has 0 saturated heterocycles. The predicted molar refractivity (Wildman–Crippen MR) is 74.0 cm³/mol. The molecule has 2 nitrogen and oxygen atoms in total. The highest BCUT2D eigenvalue weighted by atomic mass is 19.1. The van der Waals surface area contributed by atoms with Gasteiger partial charge in [-0.05, 0) is 29.8 Å². The number of fused-ring (bicyclic) bond motifs is 1. The third-order valence-electron chi connectivity index (χ3n) is 3.17. The first-order valence-electron chi connectivity index (χ1n) is 6.14. The van der Waals surface area contributed by atoms with Crippen LogP contribution in [0.4, 0.5) is 4.39 Å². The lowest BCUT2D eigenvalue weighted by atomic mass is 10.2. The lowest BCUT2D eigenvalue weighted by molar-refractivity contribution is -0.662. The van der Waals surface area contributed by atoms with Crippen molar-refractivity contribution in [3.05, 3.63) is 72.8 Å². The smallest absolute Gasteiger partial charge is 0.225 e. The third kappa shape index (κ3) is 2.15. The largest absolute Gasteiger partial charge is 0.249 e. The molecule has 1 heterocycles. The van der Waals surface area contributed by atoms with E-state index >= 15 is 0 Å². The monoisotopic (exact) mass is 253 g/mol. The van der Waals surface area contributed by atoms with Crippen LogP contribution in [0.2, 0.25) is 0 Å². The Hall–Kier alpha value is -2.42. The van der Waals surface area contributed by atoms with E-state index in [4.69, 9.17) is 0 Å². The molecule has 0 atom stereocenters. The van der Waals surface area contributed by atoms with E-state index in [0.717, 1.165) is 16.6 Å². The van der Waals surface area contributed by atoms with Crippen LogP contribution in [0.15, 0.2) is 61.4 Å². The maximum absolute atomic E-state index is 13.2. The highest BCUT2D eigenvalue weighted by Crippen LogP contribution is 2.12. The molecule has 0 unspecified atom stereocenters. The zero-order chi connectivity index (χ0) is 13.2. The maximum Gasteiger partial charge on any atom is 0.249 e. The van der Waals surface area contributed by atoms with Crippen molar-refractivity contribution in [3.63, 3.8) is 0 Å². The van der Waals surface area contributed by atoms with Crippen LogP contribution in [0.5, 0.6) is 0 Å². The lowest BCUT2D eigenvalue weighted by Gasteiger charge is -1.98. The summed E-state index contributed by atoms with van der Waals surface area (Å²) >= 11 is 0. The summed E-state index contributed by atoms with van der Waals surface area (Å²) in [6, 6.07) is 14.8. The summed E-state index contributed by atoms with van der Waals surface area (Å²) in [6.45, 7) is 4.44. The van der Waals surface area contributed by atoms with Crippen molar-refractivity contribution in [2.24, 2.45) is 0 Å². The third-order valence-corrected chi connectivity index (χ3v) is 3.17. The second-order valence-electron chi connectivity index (χ2n) is 4.45. The summed E-state index contributed by atoms with van der Waals surface area (Å²) in [6.07, 6.45) is 3.74. The number of imidazole rings is 1. The molecule has 3 rings (SSSR count). The molecule has 0 saturated carbocycles. The zero-order valence-electron chi connectivity index (χ0n) is 10.5. The minimum absolute atomic E-state index is 0.203. The fourth-order valence-electron chi connectivity index (χ4n) is 2.30. The van der Waals surface area contributed by atoms with E-state index in [1.807, 2.05) is 35.2 Å². The molecule has 0 fully saturated rings. The van der Waals surface area contributed by atoms with Crippen LogP contribution in [0, 0.1) is 5.82 Å². The fraction of sp³-hybridized carbons (Fsp3) is 0.0625. The summed E-state index contributed by atoms with van der Waals surface area (Å²) < 4.78 is 17.3. The average molecular weight is 253 g/mol. The van der Waals surface area contributed by atoms with Crippen LogP contribution < -0.4 is 4.57 Å². The van der Waals surface area contributed by atoms with Gasteiger partial charge in [0.05, 0.1) is 6.20 Å². The number of halogens is 1. The molecule has 3 aromatic rings. The summed E-state index contributed by atoms with van der Waals surface area (Å²) in [5.41, 5.74) is 3.14. The standard InChI is InChI=1S/C16H14FN2/c1-2-18-12-19(16-9-4-3-8-15(16)18)11-13-6-5-7-14(17)10-13/h2-10,12H,1,11H2/q+1. The topological polar surface area (TPSA) is 8.81 Å². The molecular weight excluding hydrogens is 239 g/mol. The molecule has 0 spiro atoms. The Bertz CT molecular complexity index is 743. The summed E-state index contributed by atoms with van der Waals surface area (Å²) in [4.78, 5) is 0. The second kappa shape index (κ2) is 4.69. The molecule has 19 heavy (non-hydrogen) atoms. The van der Waals surface area contributed by atoms with Crippen molar-refractivity contribution in [2.45, 2.75) is 6.54 Å². The van der Waals surface area contributed by atoms with E-state index in [9.17, 15) is 4.39 Å². The van der Waals surface area contributed by atoms with Gasteiger partial charge < -0.3 is 0 Å². The number of hydrogen-bond acceptors (Lipinski definition) is 0. The molecule has 0 aliphatic carbocycles. The molecule has 1 aromatic heterocycles. The molecule has 0 radical (unpaired) electrons.